The molecule has 0 saturated heterocycles. The summed E-state index contributed by atoms with van der Waals surface area (Å²) < 4.78 is 26.9. The molecule has 2 N–H and O–H groups in total. The Labute approximate surface area is 164 Å². The fourth-order valence-corrected chi connectivity index (χ4v) is 4.16. The van der Waals surface area contributed by atoms with Crippen molar-refractivity contribution >= 4 is 43.8 Å². The first-order chi connectivity index (χ1) is 13.3. The number of nitro groups is 1. The van der Waals surface area contributed by atoms with E-state index in [1.165, 1.54) is 48.7 Å². The number of nitro benzene ring substituents is 1. The van der Waals surface area contributed by atoms with Gasteiger partial charge in [-0.25, -0.2) is 13.4 Å². The van der Waals surface area contributed by atoms with Crippen LogP contribution in [-0.4, -0.2) is 24.2 Å². The predicted octanol–water partition coefficient (Wildman–Crippen LogP) is 3.41. The van der Waals surface area contributed by atoms with Gasteiger partial charge in [0.25, 0.3) is 21.6 Å². The van der Waals surface area contributed by atoms with E-state index in [1.54, 1.807) is 12.3 Å². The van der Waals surface area contributed by atoms with E-state index in [1.807, 2.05) is 0 Å². The molecule has 0 fully saturated rings. The van der Waals surface area contributed by atoms with Gasteiger partial charge in [0.2, 0.25) is 0 Å². The van der Waals surface area contributed by atoms with Gasteiger partial charge in [0.1, 0.15) is 0 Å². The van der Waals surface area contributed by atoms with Gasteiger partial charge in [-0.1, -0.05) is 0 Å². The molecule has 9 nitrogen and oxygen atoms in total. The first-order valence-electron chi connectivity index (χ1n) is 7.85. The number of aryl methyl sites for hydroxylation is 1. The number of hydrogen-bond donors (Lipinski definition) is 2. The lowest BCUT2D eigenvalue weighted by Crippen LogP contribution is -2.14. The summed E-state index contributed by atoms with van der Waals surface area (Å²) in [5, 5.41) is 15.4. The fourth-order valence-electron chi connectivity index (χ4n) is 2.37. The number of rotatable bonds is 6. The lowest BCUT2D eigenvalue weighted by atomic mass is 10.1. The minimum absolute atomic E-state index is 0.0203. The molecule has 3 aromatic rings. The van der Waals surface area contributed by atoms with Gasteiger partial charge < -0.3 is 5.32 Å². The molecule has 2 aromatic carbocycles. The van der Waals surface area contributed by atoms with Gasteiger partial charge in [0.15, 0.2) is 5.13 Å². The number of hydrogen-bond acceptors (Lipinski definition) is 7. The van der Waals surface area contributed by atoms with Crippen LogP contribution in [0, 0.1) is 17.0 Å². The molecular weight excluding hydrogens is 404 g/mol. The van der Waals surface area contributed by atoms with Crippen LogP contribution < -0.4 is 10.0 Å². The minimum Gasteiger partial charge on any atom is -0.322 e. The van der Waals surface area contributed by atoms with Gasteiger partial charge in [-0.3, -0.25) is 19.6 Å². The van der Waals surface area contributed by atoms with E-state index in [0.717, 1.165) is 11.3 Å². The number of aromatic nitrogens is 1. The average Bonchev–Trinajstić information content (AvgIpc) is 3.14. The number of amides is 1. The predicted molar refractivity (Wildman–Crippen MR) is 105 cm³/mol. The van der Waals surface area contributed by atoms with Crippen LogP contribution in [0.2, 0.25) is 0 Å². The van der Waals surface area contributed by atoms with Crippen molar-refractivity contribution in [1.29, 1.82) is 0 Å². The Balaban J connectivity index is 1.73. The van der Waals surface area contributed by atoms with Crippen molar-refractivity contribution in [3.63, 3.8) is 0 Å². The zero-order valence-corrected chi connectivity index (χ0v) is 16.1. The summed E-state index contributed by atoms with van der Waals surface area (Å²) >= 11 is 1.16. The molecule has 0 aliphatic rings. The van der Waals surface area contributed by atoms with Crippen molar-refractivity contribution in [1.82, 2.24) is 4.98 Å². The molecule has 0 bridgehead atoms. The standard InChI is InChI=1S/C17H14N4O5S2/c1-11-10-12(2-7-15(11)21(23)24)16(22)19-13-3-5-14(6-4-13)28(25,26)20-17-18-8-9-27-17/h2-10H,1H3,(H,18,20)(H,19,22). The van der Waals surface area contributed by atoms with Crippen molar-refractivity contribution in [3.8, 4) is 0 Å². The first-order valence-corrected chi connectivity index (χ1v) is 10.2. The Morgan fingerprint density at radius 3 is 2.46 bits per heavy atom. The van der Waals surface area contributed by atoms with E-state index >= 15 is 0 Å². The summed E-state index contributed by atoms with van der Waals surface area (Å²) in [4.78, 5) is 26.5. The van der Waals surface area contributed by atoms with Crippen molar-refractivity contribution < 1.29 is 18.1 Å². The van der Waals surface area contributed by atoms with Crippen LogP contribution in [0.1, 0.15) is 15.9 Å². The van der Waals surface area contributed by atoms with Gasteiger partial charge in [-0.2, -0.15) is 0 Å². The molecule has 0 spiro atoms. The molecule has 1 aromatic heterocycles. The van der Waals surface area contributed by atoms with Gasteiger partial charge in [0.05, 0.1) is 9.82 Å². The number of nitrogens with zero attached hydrogens (tertiary/aromatic N) is 2. The van der Waals surface area contributed by atoms with Gasteiger partial charge >= 0.3 is 0 Å². The van der Waals surface area contributed by atoms with Gasteiger partial charge in [-0.05, 0) is 43.3 Å². The van der Waals surface area contributed by atoms with E-state index in [4.69, 9.17) is 0 Å². The Hall–Kier alpha value is -3.31. The highest BCUT2D eigenvalue weighted by atomic mass is 32.2. The third kappa shape index (κ3) is 4.32. The number of thiazole rings is 1. The summed E-state index contributed by atoms with van der Waals surface area (Å²) in [7, 11) is -3.78. The van der Waals surface area contributed by atoms with Crippen LogP contribution in [-0.2, 0) is 10.0 Å². The number of sulfonamides is 1. The lowest BCUT2D eigenvalue weighted by Gasteiger charge is -2.08. The minimum atomic E-state index is -3.78. The average molecular weight is 418 g/mol. The number of nitrogens with one attached hydrogen (secondary N) is 2. The van der Waals surface area contributed by atoms with E-state index in [9.17, 15) is 23.3 Å². The van der Waals surface area contributed by atoms with Crippen LogP contribution in [0.5, 0.6) is 0 Å². The second-order valence-electron chi connectivity index (χ2n) is 5.68. The van der Waals surface area contributed by atoms with Crippen LogP contribution in [0.25, 0.3) is 0 Å². The summed E-state index contributed by atoms with van der Waals surface area (Å²) in [6.07, 6.45) is 1.49. The maximum absolute atomic E-state index is 12.3. The van der Waals surface area contributed by atoms with E-state index < -0.39 is 20.9 Å². The summed E-state index contributed by atoms with van der Waals surface area (Å²) in [6.45, 7) is 1.55. The third-order valence-electron chi connectivity index (χ3n) is 3.73. The largest absolute Gasteiger partial charge is 0.322 e. The van der Waals surface area contributed by atoms with E-state index in [-0.39, 0.29) is 21.3 Å². The molecule has 0 aliphatic heterocycles. The summed E-state index contributed by atoms with van der Waals surface area (Å²) in [6, 6.07) is 9.66. The Bertz CT molecular complexity index is 1130. The highest BCUT2D eigenvalue weighted by Gasteiger charge is 2.17. The topological polar surface area (TPSA) is 131 Å². The van der Waals surface area contributed by atoms with Crippen LogP contribution in [0.4, 0.5) is 16.5 Å². The second kappa shape index (κ2) is 7.74. The fraction of sp³-hybridized carbons (Fsp3) is 0.0588. The SMILES string of the molecule is Cc1cc(C(=O)Nc2ccc(S(=O)(=O)Nc3nccs3)cc2)ccc1[N+](=O)[O-]. The molecule has 28 heavy (non-hydrogen) atoms. The Morgan fingerprint density at radius 1 is 1.18 bits per heavy atom. The maximum Gasteiger partial charge on any atom is 0.272 e. The highest BCUT2D eigenvalue weighted by Crippen LogP contribution is 2.21. The molecule has 0 saturated carbocycles. The molecule has 0 atom stereocenters. The zero-order chi connectivity index (χ0) is 20.3. The van der Waals surface area contributed by atoms with Crippen molar-refractivity contribution in [2.75, 3.05) is 10.0 Å². The number of carbonyl (C=O) groups excluding carboxylic acids is 1. The molecule has 0 aliphatic carbocycles. The molecule has 144 valence electrons. The maximum atomic E-state index is 12.3. The van der Waals surface area contributed by atoms with Gasteiger partial charge in [-0.15, -0.1) is 11.3 Å². The smallest absolute Gasteiger partial charge is 0.272 e. The highest BCUT2D eigenvalue weighted by molar-refractivity contribution is 7.93. The number of benzene rings is 2. The quantitative estimate of drug-likeness (QED) is 0.466. The Morgan fingerprint density at radius 2 is 1.89 bits per heavy atom. The van der Waals surface area contributed by atoms with Crippen LogP contribution in [0.15, 0.2) is 58.9 Å². The Kier molecular flexibility index (Phi) is 5.38. The van der Waals surface area contributed by atoms with Crippen LogP contribution in [0.3, 0.4) is 0 Å². The molecular formula is C17H14N4O5S2. The van der Waals surface area contributed by atoms with Crippen molar-refractivity contribution in [3.05, 3.63) is 75.3 Å². The normalized spacial score (nSPS) is 11.0. The van der Waals surface area contributed by atoms with Crippen molar-refractivity contribution in [2.24, 2.45) is 0 Å². The molecule has 1 amide bonds. The van der Waals surface area contributed by atoms with E-state index in [0.29, 0.717) is 11.3 Å². The van der Waals surface area contributed by atoms with Crippen LogP contribution >= 0.6 is 11.3 Å². The number of carbonyl (C=O) groups is 1. The van der Waals surface area contributed by atoms with Crippen molar-refractivity contribution in [2.45, 2.75) is 11.8 Å². The molecule has 3 rings (SSSR count). The van der Waals surface area contributed by atoms with Gasteiger partial charge in [0, 0.05) is 34.5 Å². The zero-order valence-electron chi connectivity index (χ0n) is 14.4. The summed E-state index contributed by atoms with van der Waals surface area (Å²) in [5.74, 6) is -0.463. The number of anilines is 2. The molecule has 1 heterocycles. The molecule has 0 radical (unpaired) electrons. The second-order valence-corrected chi connectivity index (χ2v) is 8.26. The molecule has 0 unspecified atom stereocenters. The molecule has 11 heteroatoms. The summed E-state index contributed by atoms with van der Waals surface area (Å²) in [5.41, 5.74) is 0.936. The first kappa shape index (κ1) is 19.5. The third-order valence-corrected chi connectivity index (χ3v) is 5.90. The monoisotopic (exact) mass is 418 g/mol. The van der Waals surface area contributed by atoms with E-state index in [2.05, 4.69) is 15.0 Å². The lowest BCUT2D eigenvalue weighted by molar-refractivity contribution is -0.385.